The highest BCUT2D eigenvalue weighted by Crippen LogP contribution is 2.34. The van der Waals surface area contributed by atoms with Crippen molar-refractivity contribution in [3.63, 3.8) is 0 Å². The first-order valence-corrected chi connectivity index (χ1v) is 13.2. The van der Waals surface area contributed by atoms with Gasteiger partial charge in [-0.15, -0.1) is 0 Å². The van der Waals surface area contributed by atoms with E-state index in [1.54, 1.807) is 12.1 Å². The summed E-state index contributed by atoms with van der Waals surface area (Å²) in [5.74, 6) is 0. The summed E-state index contributed by atoms with van der Waals surface area (Å²) in [5.41, 5.74) is 28.5. The van der Waals surface area contributed by atoms with E-state index in [-0.39, 0.29) is 0 Å². The third-order valence-electron chi connectivity index (χ3n) is 6.60. The molecule has 0 saturated heterocycles. The Labute approximate surface area is 237 Å². The number of hydrogen-bond acceptors (Lipinski definition) is 4. The average molecular weight is 525 g/mol. The fraction of sp³-hybridized carbons (Fsp3) is 0.0556. The minimum atomic E-state index is 0.646. The molecular formula is C36H36N4. The standard InChI is InChI=1S/C36H36N4/c1-4-8-26(5-2)9-7-10-34(6-3)40(35-19-13-28(14-20-35)27-11-17-31(37)18-12-27)36-21-15-29(16-22-36)30-23-32(38)25-33(39)24-30/h4-8,10-25H,1-2,9,37-39H2,3H3/b10-7-,26-8+,34-6+. The molecule has 0 unspecified atom stereocenters. The van der Waals surface area contributed by atoms with Crippen molar-refractivity contribution in [1.82, 2.24) is 0 Å². The fourth-order valence-electron chi connectivity index (χ4n) is 4.56. The number of benzene rings is 4. The first kappa shape index (κ1) is 27.8. The lowest BCUT2D eigenvalue weighted by molar-refractivity contribution is 1.18. The molecule has 200 valence electrons. The molecule has 0 aromatic heterocycles. The molecule has 4 heteroatoms. The Hall–Kier alpha value is -5.22. The Morgan fingerprint density at radius 2 is 1.18 bits per heavy atom. The van der Waals surface area contributed by atoms with Gasteiger partial charge in [0.15, 0.2) is 0 Å². The molecule has 6 N–H and O–H groups in total. The summed E-state index contributed by atoms with van der Waals surface area (Å²) >= 11 is 0. The van der Waals surface area contributed by atoms with Crippen molar-refractivity contribution in [3.8, 4) is 22.3 Å². The molecule has 40 heavy (non-hydrogen) atoms. The zero-order valence-corrected chi connectivity index (χ0v) is 22.9. The monoisotopic (exact) mass is 524 g/mol. The fourth-order valence-corrected chi connectivity index (χ4v) is 4.56. The van der Waals surface area contributed by atoms with Gasteiger partial charge in [0.25, 0.3) is 0 Å². The van der Waals surface area contributed by atoms with E-state index < -0.39 is 0 Å². The van der Waals surface area contributed by atoms with Crippen molar-refractivity contribution in [3.05, 3.63) is 152 Å². The molecule has 0 spiro atoms. The normalized spacial score (nSPS) is 11.9. The zero-order chi connectivity index (χ0) is 28.5. The molecule has 4 rings (SSSR count). The van der Waals surface area contributed by atoms with E-state index in [0.717, 1.165) is 57.0 Å². The van der Waals surface area contributed by atoms with Crippen LogP contribution in [0.5, 0.6) is 0 Å². The van der Waals surface area contributed by atoms with Gasteiger partial charge in [-0.3, -0.25) is 0 Å². The summed E-state index contributed by atoms with van der Waals surface area (Å²) in [6.45, 7) is 9.76. The summed E-state index contributed by atoms with van der Waals surface area (Å²) in [6, 6.07) is 30.5. The first-order chi connectivity index (χ1) is 19.4. The van der Waals surface area contributed by atoms with Crippen LogP contribution in [0.3, 0.4) is 0 Å². The van der Waals surface area contributed by atoms with Crippen LogP contribution in [0.25, 0.3) is 22.3 Å². The van der Waals surface area contributed by atoms with Gasteiger partial charge in [0.1, 0.15) is 0 Å². The SMILES string of the molecule is C=C/C=C(\C=C)C/C=C\C(=C/C)N(c1ccc(-c2ccc(N)cc2)cc1)c1ccc(-c2cc(N)cc(N)c2)cc1. The number of anilines is 5. The quantitative estimate of drug-likeness (QED) is 0.143. The van der Waals surface area contributed by atoms with Crippen LogP contribution < -0.4 is 22.1 Å². The van der Waals surface area contributed by atoms with Gasteiger partial charge in [0, 0.05) is 34.1 Å². The Kier molecular flexibility index (Phi) is 9.06. The summed E-state index contributed by atoms with van der Waals surface area (Å²) < 4.78 is 0. The van der Waals surface area contributed by atoms with Crippen molar-refractivity contribution in [2.45, 2.75) is 13.3 Å². The Balaban J connectivity index is 1.72. The number of nitrogens with zero attached hydrogens (tertiary/aromatic N) is 1. The molecule has 0 radical (unpaired) electrons. The van der Waals surface area contributed by atoms with E-state index in [0.29, 0.717) is 11.4 Å². The van der Waals surface area contributed by atoms with Crippen LogP contribution in [0, 0.1) is 0 Å². The Morgan fingerprint density at radius 3 is 1.65 bits per heavy atom. The molecule has 4 aromatic carbocycles. The highest BCUT2D eigenvalue weighted by molar-refractivity contribution is 5.77. The smallest absolute Gasteiger partial charge is 0.0461 e. The van der Waals surface area contributed by atoms with Crippen LogP contribution in [0.2, 0.25) is 0 Å². The van der Waals surface area contributed by atoms with E-state index in [4.69, 9.17) is 17.2 Å². The number of rotatable bonds is 10. The van der Waals surface area contributed by atoms with Gasteiger partial charge < -0.3 is 22.1 Å². The molecule has 0 heterocycles. The minimum absolute atomic E-state index is 0.646. The number of allylic oxidation sites excluding steroid dienone is 7. The third-order valence-corrected chi connectivity index (χ3v) is 6.60. The van der Waals surface area contributed by atoms with Crippen LogP contribution in [0.4, 0.5) is 28.4 Å². The van der Waals surface area contributed by atoms with E-state index >= 15 is 0 Å². The maximum Gasteiger partial charge on any atom is 0.0461 e. The zero-order valence-electron chi connectivity index (χ0n) is 22.9. The molecule has 0 aliphatic heterocycles. The summed E-state index contributed by atoms with van der Waals surface area (Å²) in [5, 5.41) is 0. The number of nitrogen functional groups attached to an aromatic ring is 3. The van der Waals surface area contributed by atoms with Crippen LogP contribution >= 0.6 is 0 Å². The second-order valence-electron chi connectivity index (χ2n) is 9.44. The van der Waals surface area contributed by atoms with Crippen LogP contribution in [-0.2, 0) is 0 Å². The van der Waals surface area contributed by atoms with E-state index in [1.807, 2.05) is 55.5 Å². The molecule has 0 fully saturated rings. The largest absolute Gasteiger partial charge is 0.399 e. The molecular weight excluding hydrogens is 488 g/mol. The maximum absolute atomic E-state index is 6.04. The van der Waals surface area contributed by atoms with E-state index in [2.05, 4.69) is 84.8 Å². The van der Waals surface area contributed by atoms with Gasteiger partial charge >= 0.3 is 0 Å². The third kappa shape index (κ3) is 6.80. The van der Waals surface area contributed by atoms with Gasteiger partial charge in [0.05, 0.1) is 0 Å². The lowest BCUT2D eigenvalue weighted by Crippen LogP contribution is -2.15. The highest BCUT2D eigenvalue weighted by Gasteiger charge is 2.14. The van der Waals surface area contributed by atoms with Crippen molar-refractivity contribution in [1.29, 1.82) is 0 Å². The maximum atomic E-state index is 6.04. The molecule has 4 nitrogen and oxygen atoms in total. The van der Waals surface area contributed by atoms with E-state index in [9.17, 15) is 0 Å². The molecule has 4 aromatic rings. The summed E-state index contributed by atoms with van der Waals surface area (Å²) in [6.07, 6.45) is 12.8. The van der Waals surface area contributed by atoms with Crippen molar-refractivity contribution < 1.29 is 0 Å². The number of hydrogen-bond donors (Lipinski definition) is 3. The van der Waals surface area contributed by atoms with Gasteiger partial charge in [0.2, 0.25) is 0 Å². The second-order valence-corrected chi connectivity index (χ2v) is 9.44. The van der Waals surface area contributed by atoms with Crippen molar-refractivity contribution in [2.75, 3.05) is 22.1 Å². The minimum Gasteiger partial charge on any atom is -0.399 e. The van der Waals surface area contributed by atoms with Crippen LogP contribution in [-0.4, -0.2) is 0 Å². The summed E-state index contributed by atoms with van der Waals surface area (Å²) in [4.78, 5) is 2.24. The molecule has 0 bridgehead atoms. The molecule has 0 atom stereocenters. The van der Waals surface area contributed by atoms with E-state index in [1.165, 1.54) is 0 Å². The molecule has 0 aliphatic carbocycles. The first-order valence-electron chi connectivity index (χ1n) is 13.2. The summed E-state index contributed by atoms with van der Waals surface area (Å²) in [7, 11) is 0. The van der Waals surface area contributed by atoms with Gasteiger partial charge in [-0.05, 0) is 102 Å². The average Bonchev–Trinajstić information content (AvgIpc) is 2.96. The molecule has 0 saturated carbocycles. The predicted molar refractivity (Wildman–Crippen MR) is 175 cm³/mol. The molecule has 0 amide bonds. The van der Waals surface area contributed by atoms with Crippen LogP contribution in [0.1, 0.15) is 13.3 Å². The van der Waals surface area contributed by atoms with Crippen molar-refractivity contribution >= 4 is 28.4 Å². The second kappa shape index (κ2) is 13.0. The van der Waals surface area contributed by atoms with Crippen molar-refractivity contribution in [2.24, 2.45) is 0 Å². The topological polar surface area (TPSA) is 81.3 Å². The number of nitrogens with two attached hydrogens (primary N) is 3. The predicted octanol–water partition coefficient (Wildman–Crippen LogP) is 9.05. The van der Waals surface area contributed by atoms with Crippen LogP contribution in [0.15, 0.2) is 152 Å². The molecule has 0 aliphatic rings. The Bertz CT molecular complexity index is 1530. The lowest BCUT2D eigenvalue weighted by atomic mass is 10.0. The highest BCUT2D eigenvalue weighted by atomic mass is 15.1. The van der Waals surface area contributed by atoms with Gasteiger partial charge in [-0.25, -0.2) is 0 Å². The van der Waals surface area contributed by atoms with Gasteiger partial charge in [-0.2, -0.15) is 0 Å². The van der Waals surface area contributed by atoms with Gasteiger partial charge in [-0.1, -0.05) is 79.9 Å². The Morgan fingerprint density at radius 1 is 0.675 bits per heavy atom. The lowest BCUT2D eigenvalue weighted by Gasteiger charge is -2.27.